The van der Waals surface area contributed by atoms with Crippen LogP contribution in [0.1, 0.15) is 32.1 Å². The van der Waals surface area contributed by atoms with Gasteiger partial charge >= 0.3 is 0 Å². The lowest BCUT2D eigenvalue weighted by Gasteiger charge is -2.24. The van der Waals surface area contributed by atoms with Crippen LogP contribution in [0, 0.1) is 11.3 Å². The minimum Gasteiger partial charge on any atom is -0.381 e. The van der Waals surface area contributed by atoms with E-state index in [9.17, 15) is 0 Å². The summed E-state index contributed by atoms with van der Waals surface area (Å²) in [5, 5.41) is 3.48. The molecule has 0 bridgehead atoms. The number of hydrogen-bond acceptors (Lipinski definition) is 3. The lowest BCUT2D eigenvalue weighted by atomic mass is 9.87. The zero-order chi connectivity index (χ0) is 14.5. The van der Waals surface area contributed by atoms with Crippen LogP contribution >= 0.6 is 0 Å². The molecule has 0 amide bonds. The van der Waals surface area contributed by atoms with Crippen LogP contribution in [0.25, 0.3) is 0 Å². The van der Waals surface area contributed by atoms with Crippen molar-refractivity contribution in [3.05, 3.63) is 0 Å². The molecule has 0 aromatic heterocycles. The first-order chi connectivity index (χ1) is 10.3. The van der Waals surface area contributed by atoms with Gasteiger partial charge in [0, 0.05) is 51.9 Å². The highest BCUT2D eigenvalue weighted by Crippen LogP contribution is 2.38. The molecule has 2 heterocycles. The summed E-state index contributed by atoms with van der Waals surface area (Å²) in [7, 11) is 1.88. The van der Waals surface area contributed by atoms with Crippen molar-refractivity contribution >= 4 is 5.96 Å². The minimum absolute atomic E-state index is 0.394. The van der Waals surface area contributed by atoms with Crippen molar-refractivity contribution < 1.29 is 9.47 Å². The summed E-state index contributed by atoms with van der Waals surface area (Å²) in [6.45, 7) is 6.80. The molecule has 2 saturated heterocycles. The van der Waals surface area contributed by atoms with Crippen molar-refractivity contribution in [1.82, 2.24) is 10.2 Å². The van der Waals surface area contributed by atoms with Gasteiger partial charge < -0.3 is 19.7 Å². The van der Waals surface area contributed by atoms with Crippen LogP contribution in [0.2, 0.25) is 0 Å². The largest absolute Gasteiger partial charge is 0.381 e. The quantitative estimate of drug-likeness (QED) is 0.458. The van der Waals surface area contributed by atoms with Gasteiger partial charge in [-0.2, -0.15) is 0 Å². The number of nitrogens with zero attached hydrogens (tertiary/aromatic N) is 2. The van der Waals surface area contributed by atoms with Gasteiger partial charge in [0.25, 0.3) is 0 Å². The van der Waals surface area contributed by atoms with Gasteiger partial charge in [0.1, 0.15) is 0 Å². The molecule has 1 spiro atoms. The SMILES string of the molecule is CN=C(NCCCOCC1CC1)N1CCC2(CCOC2)C1. The van der Waals surface area contributed by atoms with Crippen molar-refractivity contribution in [3.63, 3.8) is 0 Å². The highest BCUT2D eigenvalue weighted by molar-refractivity contribution is 5.80. The molecular formula is C16H29N3O2. The lowest BCUT2D eigenvalue weighted by molar-refractivity contribution is 0.122. The van der Waals surface area contributed by atoms with Gasteiger partial charge in [-0.05, 0) is 38.0 Å². The molecule has 1 N–H and O–H groups in total. The van der Waals surface area contributed by atoms with E-state index in [1.807, 2.05) is 7.05 Å². The average molecular weight is 295 g/mol. The van der Waals surface area contributed by atoms with Crippen molar-refractivity contribution in [3.8, 4) is 0 Å². The monoisotopic (exact) mass is 295 g/mol. The molecule has 0 aromatic rings. The van der Waals surface area contributed by atoms with Crippen LogP contribution in [0.4, 0.5) is 0 Å². The molecule has 120 valence electrons. The smallest absolute Gasteiger partial charge is 0.193 e. The molecule has 1 aliphatic carbocycles. The number of rotatable bonds is 6. The first-order valence-corrected chi connectivity index (χ1v) is 8.42. The summed E-state index contributed by atoms with van der Waals surface area (Å²) in [4.78, 5) is 6.82. The zero-order valence-electron chi connectivity index (χ0n) is 13.3. The molecule has 5 heteroatoms. The van der Waals surface area contributed by atoms with Gasteiger partial charge in [-0.3, -0.25) is 4.99 Å². The molecule has 3 rings (SSSR count). The number of aliphatic imine (C=N–C) groups is 1. The van der Waals surface area contributed by atoms with E-state index in [4.69, 9.17) is 9.47 Å². The third-order valence-corrected chi connectivity index (χ3v) is 4.93. The van der Waals surface area contributed by atoms with Gasteiger partial charge in [0.2, 0.25) is 0 Å². The summed E-state index contributed by atoms with van der Waals surface area (Å²) in [6.07, 6.45) is 6.22. The van der Waals surface area contributed by atoms with Crippen molar-refractivity contribution in [2.45, 2.75) is 32.1 Å². The Kier molecular flexibility index (Phi) is 5.01. The Bertz CT molecular complexity index is 363. The van der Waals surface area contributed by atoms with Crippen LogP contribution in [0.5, 0.6) is 0 Å². The summed E-state index contributed by atoms with van der Waals surface area (Å²) in [5.41, 5.74) is 0.394. The maximum Gasteiger partial charge on any atom is 0.193 e. The highest BCUT2D eigenvalue weighted by Gasteiger charge is 2.42. The molecule has 1 atom stereocenters. The van der Waals surface area contributed by atoms with Crippen molar-refractivity contribution in [2.75, 3.05) is 53.1 Å². The molecule has 21 heavy (non-hydrogen) atoms. The molecule has 2 aliphatic heterocycles. The fourth-order valence-corrected chi connectivity index (χ4v) is 3.33. The summed E-state index contributed by atoms with van der Waals surface area (Å²) in [5.74, 6) is 1.90. The Morgan fingerprint density at radius 3 is 3.05 bits per heavy atom. The van der Waals surface area contributed by atoms with E-state index in [-0.39, 0.29) is 0 Å². The van der Waals surface area contributed by atoms with Crippen LogP contribution in [0.3, 0.4) is 0 Å². The molecule has 0 aromatic carbocycles. The number of hydrogen-bond donors (Lipinski definition) is 1. The van der Waals surface area contributed by atoms with E-state index >= 15 is 0 Å². The fourth-order valence-electron chi connectivity index (χ4n) is 3.33. The van der Waals surface area contributed by atoms with Gasteiger partial charge in [-0.25, -0.2) is 0 Å². The van der Waals surface area contributed by atoms with E-state index in [2.05, 4.69) is 15.2 Å². The number of guanidine groups is 1. The molecule has 3 aliphatic rings. The number of likely N-dealkylation sites (tertiary alicyclic amines) is 1. The van der Waals surface area contributed by atoms with Gasteiger partial charge in [0.05, 0.1) is 6.61 Å². The highest BCUT2D eigenvalue weighted by atomic mass is 16.5. The first kappa shape index (κ1) is 15.1. The maximum absolute atomic E-state index is 5.66. The standard InChI is InChI=1S/C16H29N3O2/c1-17-15(18-7-2-9-20-11-14-3-4-14)19-8-5-16(12-19)6-10-21-13-16/h14H,2-13H2,1H3,(H,17,18). The lowest BCUT2D eigenvalue weighted by Crippen LogP contribution is -2.42. The fraction of sp³-hybridized carbons (Fsp3) is 0.938. The minimum atomic E-state index is 0.394. The van der Waals surface area contributed by atoms with E-state index in [0.29, 0.717) is 5.41 Å². The van der Waals surface area contributed by atoms with Crippen LogP contribution < -0.4 is 5.32 Å². The molecule has 1 unspecified atom stereocenters. The molecule has 5 nitrogen and oxygen atoms in total. The van der Waals surface area contributed by atoms with E-state index in [1.165, 1.54) is 25.7 Å². The van der Waals surface area contributed by atoms with Crippen molar-refractivity contribution in [2.24, 2.45) is 16.3 Å². The third-order valence-electron chi connectivity index (χ3n) is 4.93. The second kappa shape index (κ2) is 6.97. The van der Waals surface area contributed by atoms with Crippen molar-refractivity contribution in [1.29, 1.82) is 0 Å². The molecular weight excluding hydrogens is 266 g/mol. The molecule has 0 radical (unpaired) electrons. The second-order valence-electron chi connectivity index (χ2n) is 6.82. The van der Waals surface area contributed by atoms with Crippen LogP contribution in [-0.4, -0.2) is 64.0 Å². The maximum atomic E-state index is 5.66. The normalized spacial score (nSPS) is 29.6. The van der Waals surface area contributed by atoms with E-state index < -0.39 is 0 Å². The van der Waals surface area contributed by atoms with Crippen LogP contribution in [-0.2, 0) is 9.47 Å². The first-order valence-electron chi connectivity index (χ1n) is 8.42. The molecule has 1 saturated carbocycles. The third kappa shape index (κ3) is 4.10. The predicted octanol–water partition coefficient (Wildman–Crippen LogP) is 1.49. The number of nitrogens with one attached hydrogen (secondary N) is 1. The Hall–Kier alpha value is -0.810. The number of ether oxygens (including phenoxy) is 2. The Morgan fingerprint density at radius 1 is 1.43 bits per heavy atom. The zero-order valence-corrected chi connectivity index (χ0v) is 13.3. The summed E-state index contributed by atoms with van der Waals surface area (Å²) in [6, 6.07) is 0. The second-order valence-corrected chi connectivity index (χ2v) is 6.82. The van der Waals surface area contributed by atoms with Gasteiger partial charge in [-0.1, -0.05) is 0 Å². The van der Waals surface area contributed by atoms with Gasteiger partial charge in [-0.15, -0.1) is 0 Å². The Labute approximate surface area is 128 Å². The summed E-state index contributed by atoms with van der Waals surface area (Å²) < 4.78 is 11.3. The molecule has 3 fully saturated rings. The Morgan fingerprint density at radius 2 is 2.33 bits per heavy atom. The summed E-state index contributed by atoms with van der Waals surface area (Å²) >= 11 is 0. The van der Waals surface area contributed by atoms with E-state index in [1.54, 1.807) is 0 Å². The van der Waals surface area contributed by atoms with Gasteiger partial charge in [0.15, 0.2) is 5.96 Å². The predicted molar refractivity (Wildman–Crippen MR) is 83.6 cm³/mol. The van der Waals surface area contributed by atoms with E-state index in [0.717, 1.165) is 64.4 Å². The Balaban J connectivity index is 1.33. The average Bonchev–Trinajstić information content (AvgIpc) is 3.06. The van der Waals surface area contributed by atoms with Crippen LogP contribution in [0.15, 0.2) is 4.99 Å². The topological polar surface area (TPSA) is 46.1 Å².